The van der Waals surface area contributed by atoms with Crippen LogP contribution in [-0.2, 0) is 9.59 Å². The van der Waals surface area contributed by atoms with Crippen LogP contribution in [0.4, 0.5) is 15.8 Å². The molecular formula is C32H28FN3O3S. The monoisotopic (exact) mass is 553 g/mol. The molecule has 0 heterocycles. The zero-order valence-electron chi connectivity index (χ0n) is 22.0. The lowest BCUT2D eigenvalue weighted by Crippen LogP contribution is -2.30. The van der Waals surface area contributed by atoms with Crippen LogP contribution in [-0.4, -0.2) is 23.5 Å². The number of aryl methyl sites for hydroxylation is 2. The van der Waals surface area contributed by atoms with Gasteiger partial charge in [0.05, 0.1) is 5.75 Å². The predicted molar refractivity (Wildman–Crippen MR) is 159 cm³/mol. The molecule has 3 amide bonds. The molecule has 0 radical (unpaired) electrons. The van der Waals surface area contributed by atoms with E-state index in [1.165, 1.54) is 42.1 Å². The third-order valence-corrected chi connectivity index (χ3v) is 6.91. The number of hydrogen-bond donors (Lipinski definition) is 3. The number of hydrogen-bond acceptors (Lipinski definition) is 4. The lowest BCUT2D eigenvalue weighted by atomic mass is 10.1. The summed E-state index contributed by atoms with van der Waals surface area (Å²) < 4.78 is 13.4. The van der Waals surface area contributed by atoms with Gasteiger partial charge >= 0.3 is 0 Å². The molecule has 8 heteroatoms. The minimum Gasteiger partial charge on any atom is -0.325 e. The molecule has 4 rings (SSSR count). The van der Waals surface area contributed by atoms with E-state index in [9.17, 15) is 18.8 Å². The Morgan fingerprint density at radius 2 is 1.48 bits per heavy atom. The second kappa shape index (κ2) is 13.4. The van der Waals surface area contributed by atoms with Gasteiger partial charge in [-0.15, -0.1) is 11.8 Å². The fourth-order valence-electron chi connectivity index (χ4n) is 3.87. The maximum absolute atomic E-state index is 13.4. The van der Waals surface area contributed by atoms with Crippen molar-refractivity contribution >= 4 is 46.9 Å². The minimum atomic E-state index is -0.552. The molecule has 0 aliphatic rings. The maximum Gasteiger partial charge on any atom is 0.272 e. The van der Waals surface area contributed by atoms with Gasteiger partial charge in [0.2, 0.25) is 5.91 Å². The standard InChI is InChI=1S/C32H28FN3O3S/c1-21-8-6-9-22(2)30(21)36-29(37)20-40-27-13-7-12-26(19-27)34-32(39)28(18-23-14-16-25(33)17-15-23)35-31(38)24-10-4-3-5-11-24/h3-19H,20H2,1-2H3,(H,34,39)(H,35,38)(H,36,37)/b28-18+. The van der Waals surface area contributed by atoms with Gasteiger partial charge in [-0.2, -0.15) is 0 Å². The number of carbonyl (C=O) groups excluding carboxylic acids is 3. The molecule has 6 nitrogen and oxygen atoms in total. The summed E-state index contributed by atoms with van der Waals surface area (Å²) in [6.07, 6.45) is 1.48. The van der Waals surface area contributed by atoms with E-state index in [1.54, 1.807) is 48.5 Å². The number of anilines is 2. The van der Waals surface area contributed by atoms with E-state index in [-0.39, 0.29) is 17.4 Å². The lowest BCUT2D eigenvalue weighted by Gasteiger charge is -2.13. The van der Waals surface area contributed by atoms with E-state index in [2.05, 4.69) is 16.0 Å². The van der Waals surface area contributed by atoms with Crippen LogP contribution in [0.15, 0.2) is 108 Å². The molecular weight excluding hydrogens is 525 g/mol. The molecule has 4 aromatic carbocycles. The van der Waals surface area contributed by atoms with Crippen LogP contribution in [0.1, 0.15) is 27.0 Å². The third kappa shape index (κ3) is 7.91. The van der Waals surface area contributed by atoms with Gasteiger partial charge in [0.25, 0.3) is 11.8 Å². The molecule has 0 unspecified atom stereocenters. The van der Waals surface area contributed by atoms with E-state index in [4.69, 9.17) is 0 Å². The summed E-state index contributed by atoms with van der Waals surface area (Å²) in [6.45, 7) is 3.89. The van der Waals surface area contributed by atoms with Crippen LogP contribution >= 0.6 is 11.8 Å². The number of para-hydroxylation sites is 1. The van der Waals surface area contributed by atoms with Crippen LogP contribution in [0.2, 0.25) is 0 Å². The Bertz CT molecular complexity index is 1530. The first kappa shape index (κ1) is 28.3. The number of benzene rings is 4. The highest BCUT2D eigenvalue weighted by atomic mass is 32.2. The largest absolute Gasteiger partial charge is 0.325 e. The third-order valence-electron chi connectivity index (χ3n) is 5.92. The van der Waals surface area contributed by atoms with E-state index < -0.39 is 17.6 Å². The SMILES string of the molecule is Cc1cccc(C)c1NC(=O)CSc1cccc(NC(=O)/C(=C\c2ccc(F)cc2)NC(=O)c2ccccc2)c1. The van der Waals surface area contributed by atoms with Crippen LogP contribution in [0.3, 0.4) is 0 Å². The Balaban J connectivity index is 1.45. The normalized spacial score (nSPS) is 11.0. The second-order valence-electron chi connectivity index (χ2n) is 9.02. The van der Waals surface area contributed by atoms with Crippen molar-refractivity contribution in [2.75, 3.05) is 16.4 Å². The van der Waals surface area contributed by atoms with Gasteiger partial charge in [-0.1, -0.05) is 54.6 Å². The van der Waals surface area contributed by atoms with Gasteiger partial charge in [-0.3, -0.25) is 14.4 Å². The van der Waals surface area contributed by atoms with Gasteiger partial charge in [0, 0.05) is 21.8 Å². The van der Waals surface area contributed by atoms with Crippen molar-refractivity contribution in [2.24, 2.45) is 0 Å². The number of carbonyl (C=O) groups is 3. The average molecular weight is 554 g/mol. The number of thioether (sulfide) groups is 1. The highest BCUT2D eigenvalue weighted by Crippen LogP contribution is 2.24. The maximum atomic E-state index is 13.4. The van der Waals surface area contributed by atoms with Gasteiger partial charge in [-0.25, -0.2) is 4.39 Å². The van der Waals surface area contributed by atoms with Crippen molar-refractivity contribution < 1.29 is 18.8 Å². The average Bonchev–Trinajstić information content (AvgIpc) is 2.95. The van der Waals surface area contributed by atoms with Gasteiger partial charge in [0.1, 0.15) is 11.5 Å². The topological polar surface area (TPSA) is 87.3 Å². The Hall–Kier alpha value is -4.69. The van der Waals surface area contributed by atoms with E-state index in [0.717, 1.165) is 21.7 Å². The smallest absolute Gasteiger partial charge is 0.272 e. The highest BCUT2D eigenvalue weighted by Gasteiger charge is 2.16. The summed E-state index contributed by atoms with van der Waals surface area (Å²) in [4.78, 5) is 39.4. The molecule has 0 atom stereocenters. The van der Waals surface area contributed by atoms with Gasteiger partial charge in [0.15, 0.2) is 0 Å². The minimum absolute atomic E-state index is 0.00787. The summed E-state index contributed by atoms with van der Waals surface area (Å²) in [7, 11) is 0. The quantitative estimate of drug-likeness (QED) is 0.161. The van der Waals surface area contributed by atoms with Crippen molar-refractivity contribution in [3.8, 4) is 0 Å². The van der Waals surface area contributed by atoms with E-state index >= 15 is 0 Å². The number of nitrogens with one attached hydrogen (secondary N) is 3. The summed E-state index contributed by atoms with van der Waals surface area (Å²) in [5.74, 6) is -1.36. The molecule has 40 heavy (non-hydrogen) atoms. The first-order valence-corrected chi connectivity index (χ1v) is 13.5. The van der Waals surface area contributed by atoms with Crippen molar-refractivity contribution in [3.05, 3.63) is 131 Å². The van der Waals surface area contributed by atoms with Crippen LogP contribution < -0.4 is 16.0 Å². The molecule has 3 N–H and O–H groups in total. The van der Waals surface area contributed by atoms with Gasteiger partial charge in [-0.05, 0) is 79.1 Å². The first-order valence-electron chi connectivity index (χ1n) is 12.5. The summed E-state index contributed by atoms with van der Waals surface area (Å²) in [5, 5.41) is 8.43. The molecule has 4 aromatic rings. The number of halogens is 1. The van der Waals surface area contributed by atoms with Crippen molar-refractivity contribution in [2.45, 2.75) is 18.7 Å². The Kier molecular flexibility index (Phi) is 9.48. The van der Waals surface area contributed by atoms with E-state index in [0.29, 0.717) is 16.8 Å². The second-order valence-corrected chi connectivity index (χ2v) is 10.1. The molecule has 0 spiro atoms. The number of rotatable bonds is 9. The molecule has 0 aliphatic carbocycles. The molecule has 0 bridgehead atoms. The van der Waals surface area contributed by atoms with E-state index in [1.807, 2.05) is 38.1 Å². The molecule has 202 valence electrons. The summed E-state index contributed by atoms with van der Waals surface area (Å²) in [5.41, 5.74) is 4.21. The lowest BCUT2D eigenvalue weighted by molar-refractivity contribution is -0.114. The fourth-order valence-corrected chi connectivity index (χ4v) is 4.62. The van der Waals surface area contributed by atoms with Crippen molar-refractivity contribution in [1.82, 2.24) is 5.32 Å². The van der Waals surface area contributed by atoms with Crippen molar-refractivity contribution in [3.63, 3.8) is 0 Å². The first-order chi connectivity index (χ1) is 19.3. The zero-order valence-corrected chi connectivity index (χ0v) is 22.8. The number of amides is 3. The molecule has 0 aliphatic heterocycles. The highest BCUT2D eigenvalue weighted by molar-refractivity contribution is 8.00. The Morgan fingerprint density at radius 1 is 0.800 bits per heavy atom. The molecule has 0 fully saturated rings. The zero-order chi connectivity index (χ0) is 28.5. The molecule has 0 saturated carbocycles. The molecule has 0 saturated heterocycles. The van der Waals surface area contributed by atoms with Gasteiger partial charge < -0.3 is 16.0 Å². The van der Waals surface area contributed by atoms with Crippen LogP contribution in [0.25, 0.3) is 6.08 Å². The predicted octanol–water partition coefficient (Wildman–Crippen LogP) is 6.58. The van der Waals surface area contributed by atoms with Crippen LogP contribution in [0.5, 0.6) is 0 Å². The Labute approximate surface area is 236 Å². The summed E-state index contributed by atoms with van der Waals surface area (Å²) in [6, 6.07) is 27.0. The Morgan fingerprint density at radius 3 is 2.17 bits per heavy atom. The fraction of sp³-hybridized carbons (Fsp3) is 0.0938. The molecule has 0 aromatic heterocycles. The van der Waals surface area contributed by atoms with Crippen LogP contribution in [0, 0.1) is 19.7 Å². The van der Waals surface area contributed by atoms with Crippen molar-refractivity contribution in [1.29, 1.82) is 0 Å². The summed E-state index contributed by atoms with van der Waals surface area (Å²) >= 11 is 1.34.